The van der Waals surface area contributed by atoms with Crippen molar-refractivity contribution in [2.24, 2.45) is 5.92 Å². The van der Waals surface area contributed by atoms with Crippen LogP contribution in [0.4, 0.5) is 13.2 Å². The van der Waals surface area contributed by atoms with Crippen molar-refractivity contribution in [1.29, 1.82) is 0 Å². The number of unbranched alkanes of at least 4 members (excludes halogenated alkanes) is 4. The van der Waals surface area contributed by atoms with Gasteiger partial charge in [0.05, 0.1) is 0 Å². The summed E-state index contributed by atoms with van der Waals surface area (Å²) in [7, 11) is -0.484. The fourth-order valence-corrected chi connectivity index (χ4v) is 7.80. The van der Waals surface area contributed by atoms with Crippen LogP contribution in [0.5, 0.6) is 5.75 Å². The van der Waals surface area contributed by atoms with Crippen LogP contribution in [-0.2, 0) is 6.42 Å². The summed E-state index contributed by atoms with van der Waals surface area (Å²) in [6, 6.07) is 9.22. The van der Waals surface area contributed by atoms with Crippen LogP contribution in [0.25, 0.3) is 0 Å². The molecule has 27 heavy (non-hydrogen) atoms. The third-order valence-corrected chi connectivity index (χ3v) is 9.41. The highest BCUT2D eigenvalue weighted by molar-refractivity contribution is 6.58. The van der Waals surface area contributed by atoms with Gasteiger partial charge in [-0.2, -0.15) is 0 Å². The Hall–Kier alpha value is -0.973. The lowest BCUT2D eigenvalue weighted by atomic mass is 9.94. The molecule has 1 aromatic carbocycles. The SMILES string of the molecule is CCCCCCC[SiH]1CCC(CCc2ccc(OCC(F)F)c(F)c2)CC1. The third-order valence-electron chi connectivity index (χ3n) is 5.88. The second kappa shape index (κ2) is 12.5. The van der Waals surface area contributed by atoms with E-state index in [4.69, 9.17) is 4.74 Å². The van der Waals surface area contributed by atoms with Gasteiger partial charge in [0.15, 0.2) is 11.6 Å². The maximum absolute atomic E-state index is 13.9. The van der Waals surface area contributed by atoms with Crippen LogP contribution in [0.1, 0.15) is 63.9 Å². The fourth-order valence-electron chi connectivity index (χ4n) is 4.19. The van der Waals surface area contributed by atoms with Crippen molar-refractivity contribution in [3.8, 4) is 5.75 Å². The number of alkyl halides is 2. The molecule has 0 unspecified atom stereocenters. The molecule has 0 radical (unpaired) electrons. The first kappa shape index (κ1) is 22.3. The monoisotopic (exact) mass is 400 g/mol. The first-order valence-corrected chi connectivity index (χ1v) is 13.2. The summed E-state index contributed by atoms with van der Waals surface area (Å²) in [4.78, 5) is 0. The number of rotatable bonds is 12. The molecule has 1 aromatic rings. The van der Waals surface area contributed by atoms with Crippen molar-refractivity contribution < 1.29 is 17.9 Å². The van der Waals surface area contributed by atoms with Crippen molar-refractivity contribution in [3.05, 3.63) is 29.6 Å². The molecule has 0 atom stereocenters. The van der Waals surface area contributed by atoms with Crippen LogP contribution in [0, 0.1) is 11.7 Å². The van der Waals surface area contributed by atoms with Gasteiger partial charge < -0.3 is 4.74 Å². The van der Waals surface area contributed by atoms with E-state index in [9.17, 15) is 13.2 Å². The molecule has 1 aliphatic rings. The Morgan fingerprint density at radius 1 is 1.11 bits per heavy atom. The van der Waals surface area contributed by atoms with Gasteiger partial charge in [-0.25, -0.2) is 13.2 Å². The maximum Gasteiger partial charge on any atom is 0.272 e. The standard InChI is InChI=1S/C22H35F3OSi/c1-2-3-4-5-6-13-27-14-11-18(12-15-27)7-8-19-9-10-21(20(23)16-19)26-17-22(24)25/h9-10,16,18,22,27H,2-8,11-15,17H2,1H3. The smallest absolute Gasteiger partial charge is 0.272 e. The molecule has 0 N–H and O–H groups in total. The molecule has 0 aromatic heterocycles. The van der Waals surface area contributed by atoms with E-state index in [1.54, 1.807) is 6.07 Å². The minimum absolute atomic E-state index is 0.0792. The molecule has 0 aliphatic carbocycles. The van der Waals surface area contributed by atoms with E-state index < -0.39 is 27.6 Å². The zero-order valence-electron chi connectivity index (χ0n) is 16.7. The summed E-state index contributed by atoms with van der Waals surface area (Å²) in [5.41, 5.74) is 0.937. The molecule has 154 valence electrons. The van der Waals surface area contributed by atoms with E-state index in [2.05, 4.69) is 6.92 Å². The summed E-state index contributed by atoms with van der Waals surface area (Å²) < 4.78 is 43.1. The van der Waals surface area contributed by atoms with Gasteiger partial charge in [-0.3, -0.25) is 0 Å². The molecule has 1 fully saturated rings. The lowest BCUT2D eigenvalue weighted by molar-refractivity contribution is 0.0799. The number of hydrogen-bond donors (Lipinski definition) is 0. The Morgan fingerprint density at radius 2 is 1.85 bits per heavy atom. The maximum atomic E-state index is 13.9. The number of ether oxygens (including phenoxy) is 1. The highest BCUT2D eigenvalue weighted by atomic mass is 28.3. The van der Waals surface area contributed by atoms with Crippen LogP contribution in [0.15, 0.2) is 18.2 Å². The molecule has 0 bridgehead atoms. The number of halogens is 3. The second-order valence-electron chi connectivity index (χ2n) is 8.10. The third kappa shape index (κ3) is 8.71. The molecule has 0 amide bonds. The van der Waals surface area contributed by atoms with Gasteiger partial charge in [0.25, 0.3) is 6.43 Å². The normalized spacial score (nSPS) is 20.2. The zero-order valence-corrected chi connectivity index (χ0v) is 17.9. The highest BCUT2D eigenvalue weighted by Crippen LogP contribution is 2.31. The Morgan fingerprint density at radius 3 is 2.52 bits per heavy atom. The van der Waals surface area contributed by atoms with E-state index in [1.165, 1.54) is 75.2 Å². The summed E-state index contributed by atoms with van der Waals surface area (Å²) >= 11 is 0. The van der Waals surface area contributed by atoms with Gasteiger partial charge in [-0.1, -0.05) is 76.1 Å². The highest BCUT2D eigenvalue weighted by Gasteiger charge is 2.21. The van der Waals surface area contributed by atoms with Crippen LogP contribution < -0.4 is 4.74 Å². The second-order valence-corrected chi connectivity index (χ2v) is 11.6. The molecule has 2 rings (SSSR count). The molecule has 5 heteroatoms. The summed E-state index contributed by atoms with van der Waals surface area (Å²) in [6.07, 6.45) is 9.06. The number of hydrogen-bond acceptors (Lipinski definition) is 1. The minimum Gasteiger partial charge on any atom is -0.485 e. The van der Waals surface area contributed by atoms with Crippen molar-refractivity contribution in [1.82, 2.24) is 0 Å². The van der Waals surface area contributed by atoms with Crippen LogP contribution >= 0.6 is 0 Å². The Labute approximate surface area is 164 Å². The number of aryl methyl sites for hydroxylation is 1. The van der Waals surface area contributed by atoms with Crippen molar-refractivity contribution in [3.63, 3.8) is 0 Å². The lowest BCUT2D eigenvalue weighted by Crippen LogP contribution is -2.21. The quantitative estimate of drug-likeness (QED) is 0.271. The van der Waals surface area contributed by atoms with E-state index >= 15 is 0 Å². The zero-order chi connectivity index (χ0) is 19.5. The van der Waals surface area contributed by atoms with E-state index in [0.29, 0.717) is 0 Å². The van der Waals surface area contributed by atoms with Gasteiger partial charge in [-0.15, -0.1) is 0 Å². The molecule has 0 saturated carbocycles. The fraction of sp³-hybridized carbons (Fsp3) is 0.727. The van der Waals surface area contributed by atoms with Gasteiger partial charge in [0, 0.05) is 8.80 Å². The van der Waals surface area contributed by atoms with Gasteiger partial charge in [0.2, 0.25) is 0 Å². The Bertz CT molecular complexity index is 530. The Kier molecular flexibility index (Phi) is 10.3. The molecule has 1 nitrogen and oxygen atoms in total. The number of benzene rings is 1. The predicted octanol–water partition coefficient (Wildman–Crippen LogP) is 7.01. The average Bonchev–Trinajstić information content (AvgIpc) is 2.66. The van der Waals surface area contributed by atoms with E-state index in [-0.39, 0.29) is 5.75 Å². The predicted molar refractivity (Wildman–Crippen MR) is 109 cm³/mol. The van der Waals surface area contributed by atoms with Gasteiger partial charge in [-0.05, 0) is 36.5 Å². The van der Waals surface area contributed by atoms with Crippen LogP contribution in [-0.4, -0.2) is 21.8 Å². The van der Waals surface area contributed by atoms with E-state index in [0.717, 1.165) is 24.3 Å². The average molecular weight is 401 g/mol. The van der Waals surface area contributed by atoms with Crippen molar-refractivity contribution in [2.45, 2.75) is 89.3 Å². The molecular weight excluding hydrogens is 365 g/mol. The lowest BCUT2D eigenvalue weighted by Gasteiger charge is -2.27. The largest absolute Gasteiger partial charge is 0.485 e. The van der Waals surface area contributed by atoms with Crippen LogP contribution in [0.2, 0.25) is 18.1 Å². The van der Waals surface area contributed by atoms with Gasteiger partial charge >= 0.3 is 0 Å². The molecule has 1 aliphatic heterocycles. The van der Waals surface area contributed by atoms with Gasteiger partial charge in [0.1, 0.15) is 6.61 Å². The molecular formula is C22H35F3OSi. The molecule has 1 saturated heterocycles. The van der Waals surface area contributed by atoms with Crippen LogP contribution in [0.3, 0.4) is 0 Å². The van der Waals surface area contributed by atoms with E-state index in [1.807, 2.05) is 0 Å². The van der Waals surface area contributed by atoms with Crippen molar-refractivity contribution in [2.75, 3.05) is 6.61 Å². The Balaban J connectivity index is 1.64. The van der Waals surface area contributed by atoms with Crippen molar-refractivity contribution >= 4 is 8.80 Å². The summed E-state index contributed by atoms with van der Waals surface area (Å²) in [6.45, 7) is 1.50. The first-order chi connectivity index (χ1) is 13.1. The molecule has 1 heterocycles. The summed E-state index contributed by atoms with van der Waals surface area (Å²) in [5, 5.41) is 0. The molecule has 0 spiro atoms. The minimum atomic E-state index is -2.58. The first-order valence-electron chi connectivity index (χ1n) is 10.8. The summed E-state index contributed by atoms with van der Waals surface area (Å²) in [5.74, 6) is 0.156. The topological polar surface area (TPSA) is 9.23 Å².